The zero-order chi connectivity index (χ0) is 7.84. The molecule has 1 aromatic rings. The molecule has 2 rings (SSSR count). The molecule has 0 saturated carbocycles. The number of nitrogens with zero attached hydrogens (tertiary/aromatic N) is 1. The first kappa shape index (κ1) is 6.86. The Kier molecular flexibility index (Phi) is 1.46. The quantitative estimate of drug-likeness (QED) is 0.561. The maximum atomic E-state index is 5.96. The highest BCUT2D eigenvalue weighted by Crippen LogP contribution is 2.31. The Morgan fingerprint density at radius 2 is 2.27 bits per heavy atom. The highest BCUT2D eigenvalue weighted by molar-refractivity contribution is 6.32. The lowest BCUT2D eigenvalue weighted by Gasteiger charge is -1.97. The van der Waals surface area contributed by atoms with Crippen LogP contribution in [0, 0.1) is 0 Å². The van der Waals surface area contributed by atoms with Gasteiger partial charge in [0.25, 0.3) is 0 Å². The van der Waals surface area contributed by atoms with Crippen molar-refractivity contribution in [2.24, 2.45) is 4.99 Å². The molecule has 0 fully saturated rings. The molecule has 1 heterocycles. The van der Waals surface area contributed by atoms with E-state index in [0.29, 0.717) is 0 Å². The summed E-state index contributed by atoms with van der Waals surface area (Å²) in [5, 5.41) is 0.836. The monoisotopic (exact) mass is 165 g/mol. The SMILES string of the molecule is CC1=Nc2cccc(Cl)c2C1. The van der Waals surface area contributed by atoms with Crippen molar-refractivity contribution in [3.05, 3.63) is 28.8 Å². The van der Waals surface area contributed by atoms with Crippen LogP contribution in [0.15, 0.2) is 23.2 Å². The van der Waals surface area contributed by atoms with Gasteiger partial charge in [-0.25, -0.2) is 0 Å². The molecule has 0 N–H and O–H groups in total. The van der Waals surface area contributed by atoms with Gasteiger partial charge in [0.2, 0.25) is 0 Å². The third kappa shape index (κ3) is 1.05. The van der Waals surface area contributed by atoms with Gasteiger partial charge in [0.05, 0.1) is 5.69 Å². The molecule has 0 bridgehead atoms. The van der Waals surface area contributed by atoms with E-state index < -0.39 is 0 Å². The number of fused-ring (bicyclic) bond motifs is 1. The average Bonchev–Trinajstić information content (AvgIpc) is 2.31. The van der Waals surface area contributed by atoms with Crippen molar-refractivity contribution >= 4 is 23.0 Å². The molecule has 1 nitrogen and oxygen atoms in total. The van der Waals surface area contributed by atoms with Gasteiger partial charge in [-0.3, -0.25) is 4.99 Å². The number of rotatable bonds is 0. The zero-order valence-electron chi connectivity index (χ0n) is 6.26. The summed E-state index contributed by atoms with van der Waals surface area (Å²) in [7, 11) is 0. The fraction of sp³-hybridized carbons (Fsp3) is 0.222. The molecule has 1 aliphatic heterocycles. The minimum absolute atomic E-state index is 0.836. The third-order valence-corrected chi connectivity index (χ3v) is 2.19. The smallest absolute Gasteiger partial charge is 0.0679 e. The molecule has 0 aliphatic carbocycles. The molecule has 11 heavy (non-hydrogen) atoms. The molecule has 0 radical (unpaired) electrons. The maximum absolute atomic E-state index is 5.96. The maximum Gasteiger partial charge on any atom is 0.0679 e. The lowest BCUT2D eigenvalue weighted by atomic mass is 10.1. The highest BCUT2D eigenvalue weighted by atomic mass is 35.5. The number of halogens is 1. The topological polar surface area (TPSA) is 12.4 Å². The van der Waals surface area contributed by atoms with Crippen molar-refractivity contribution in [3.8, 4) is 0 Å². The second-order valence-electron chi connectivity index (χ2n) is 2.76. The molecule has 56 valence electrons. The molecular formula is C9H8ClN. The van der Waals surface area contributed by atoms with Gasteiger partial charge in [0, 0.05) is 22.7 Å². The Bertz CT molecular complexity index is 328. The van der Waals surface area contributed by atoms with Gasteiger partial charge >= 0.3 is 0 Å². The summed E-state index contributed by atoms with van der Waals surface area (Å²) in [6, 6.07) is 5.84. The normalized spacial score (nSPS) is 14.5. The Morgan fingerprint density at radius 1 is 1.45 bits per heavy atom. The molecule has 0 spiro atoms. The second kappa shape index (κ2) is 2.35. The summed E-state index contributed by atoms with van der Waals surface area (Å²) < 4.78 is 0. The molecule has 0 saturated heterocycles. The first-order valence-electron chi connectivity index (χ1n) is 3.59. The summed E-state index contributed by atoms with van der Waals surface area (Å²) >= 11 is 5.96. The van der Waals surface area contributed by atoms with Crippen molar-refractivity contribution in [2.45, 2.75) is 13.3 Å². The lowest BCUT2D eigenvalue weighted by molar-refractivity contribution is 1.38. The van der Waals surface area contributed by atoms with Crippen LogP contribution in [0.25, 0.3) is 0 Å². The van der Waals surface area contributed by atoms with Crippen LogP contribution in [0.5, 0.6) is 0 Å². The molecule has 0 unspecified atom stereocenters. The molecule has 0 amide bonds. The van der Waals surface area contributed by atoms with Gasteiger partial charge in [-0.1, -0.05) is 17.7 Å². The van der Waals surface area contributed by atoms with Crippen molar-refractivity contribution in [3.63, 3.8) is 0 Å². The van der Waals surface area contributed by atoms with Crippen molar-refractivity contribution in [1.29, 1.82) is 0 Å². The van der Waals surface area contributed by atoms with E-state index in [-0.39, 0.29) is 0 Å². The van der Waals surface area contributed by atoms with E-state index in [2.05, 4.69) is 4.99 Å². The van der Waals surface area contributed by atoms with Crippen molar-refractivity contribution in [1.82, 2.24) is 0 Å². The van der Waals surface area contributed by atoms with E-state index in [1.165, 1.54) is 5.56 Å². The average molecular weight is 166 g/mol. The lowest BCUT2D eigenvalue weighted by Crippen LogP contribution is -1.89. The first-order valence-corrected chi connectivity index (χ1v) is 3.97. The van der Waals surface area contributed by atoms with Crippen LogP contribution in [0.3, 0.4) is 0 Å². The summed E-state index contributed by atoms with van der Waals surface area (Å²) in [5.74, 6) is 0. The Balaban J connectivity index is 2.59. The first-order chi connectivity index (χ1) is 5.27. The van der Waals surface area contributed by atoms with Crippen LogP contribution >= 0.6 is 11.6 Å². The van der Waals surface area contributed by atoms with E-state index in [1.54, 1.807) is 0 Å². The Hall–Kier alpha value is -0.820. The Morgan fingerprint density at radius 3 is 3.00 bits per heavy atom. The van der Waals surface area contributed by atoms with Crippen LogP contribution in [0.4, 0.5) is 5.69 Å². The fourth-order valence-corrected chi connectivity index (χ4v) is 1.56. The van der Waals surface area contributed by atoms with Crippen LogP contribution in [-0.4, -0.2) is 5.71 Å². The molecule has 0 atom stereocenters. The van der Waals surface area contributed by atoms with Gasteiger partial charge in [0.1, 0.15) is 0 Å². The number of aliphatic imine (C=N–C) groups is 1. The summed E-state index contributed by atoms with van der Waals surface area (Å²) in [6.07, 6.45) is 0.912. The minimum Gasteiger partial charge on any atom is -0.257 e. The van der Waals surface area contributed by atoms with E-state index in [9.17, 15) is 0 Å². The minimum atomic E-state index is 0.836. The van der Waals surface area contributed by atoms with E-state index in [1.807, 2.05) is 25.1 Å². The van der Waals surface area contributed by atoms with Gasteiger partial charge < -0.3 is 0 Å². The number of hydrogen-bond acceptors (Lipinski definition) is 1. The van der Waals surface area contributed by atoms with E-state index in [4.69, 9.17) is 11.6 Å². The van der Waals surface area contributed by atoms with Crippen molar-refractivity contribution in [2.75, 3.05) is 0 Å². The van der Waals surface area contributed by atoms with Crippen LogP contribution in [0.1, 0.15) is 12.5 Å². The standard InChI is InChI=1S/C9H8ClN/c1-6-5-7-8(10)3-2-4-9(7)11-6/h2-4H,5H2,1H3. The van der Waals surface area contributed by atoms with Crippen LogP contribution in [-0.2, 0) is 6.42 Å². The predicted octanol–water partition coefficient (Wildman–Crippen LogP) is 2.99. The second-order valence-corrected chi connectivity index (χ2v) is 3.17. The summed E-state index contributed by atoms with van der Waals surface area (Å²) in [4.78, 5) is 4.35. The highest BCUT2D eigenvalue weighted by Gasteiger charge is 2.13. The third-order valence-electron chi connectivity index (χ3n) is 1.84. The van der Waals surface area contributed by atoms with E-state index >= 15 is 0 Å². The Labute approximate surface area is 70.7 Å². The number of benzene rings is 1. The van der Waals surface area contributed by atoms with Crippen LogP contribution < -0.4 is 0 Å². The summed E-state index contributed by atoms with van der Waals surface area (Å²) in [6.45, 7) is 2.02. The number of hydrogen-bond donors (Lipinski definition) is 0. The molecule has 0 aromatic heterocycles. The summed E-state index contributed by atoms with van der Waals surface area (Å²) in [5.41, 5.74) is 3.36. The van der Waals surface area contributed by atoms with E-state index in [0.717, 1.165) is 22.8 Å². The molecule has 2 heteroatoms. The van der Waals surface area contributed by atoms with Crippen molar-refractivity contribution < 1.29 is 0 Å². The van der Waals surface area contributed by atoms with Gasteiger partial charge in [-0.05, 0) is 19.1 Å². The van der Waals surface area contributed by atoms with Gasteiger partial charge in [-0.2, -0.15) is 0 Å². The zero-order valence-corrected chi connectivity index (χ0v) is 7.02. The van der Waals surface area contributed by atoms with Gasteiger partial charge in [-0.15, -0.1) is 0 Å². The largest absolute Gasteiger partial charge is 0.257 e. The van der Waals surface area contributed by atoms with Gasteiger partial charge in [0.15, 0.2) is 0 Å². The fourth-order valence-electron chi connectivity index (χ4n) is 1.33. The predicted molar refractivity (Wildman–Crippen MR) is 47.9 cm³/mol. The van der Waals surface area contributed by atoms with Crippen LogP contribution in [0.2, 0.25) is 5.02 Å². The molecular weight excluding hydrogens is 158 g/mol. The molecule has 1 aliphatic rings. The molecule has 1 aromatic carbocycles.